The molecular formula is C51H30N4S2. The average Bonchev–Trinajstić information content (AvgIpc) is 1.54. The Balaban J connectivity index is 1.38. The zero-order chi connectivity index (χ0) is 63.6. The number of nitrogens with zero attached hydrogens (tertiary/aromatic N) is 4. The molecule has 4 nitrogen and oxygen atoms in total. The highest BCUT2D eigenvalue weighted by Gasteiger charge is 2.23. The highest BCUT2D eigenvalue weighted by atomic mass is 32.1. The van der Waals surface area contributed by atoms with E-state index < -0.39 is 259 Å². The average molecular weight is 793 g/mol. The normalized spacial score (nSPS) is 19.2. The Bertz CT molecular complexity index is 5130. The van der Waals surface area contributed by atoms with Crippen LogP contribution in [-0.4, -0.2) is 19.5 Å². The highest BCUT2D eigenvalue weighted by Crippen LogP contribution is 2.49. The molecule has 0 aliphatic carbocycles. The molecule has 0 radical (unpaired) electrons. The van der Waals surface area contributed by atoms with Crippen molar-refractivity contribution in [2.45, 2.75) is 0 Å². The summed E-state index contributed by atoms with van der Waals surface area (Å²) in [7, 11) is 0. The summed E-state index contributed by atoms with van der Waals surface area (Å²) in [5.74, 6) is -2.55. The van der Waals surface area contributed by atoms with E-state index in [1.54, 1.807) is 0 Å². The molecule has 0 unspecified atom stereocenters. The molecule has 266 valence electrons. The van der Waals surface area contributed by atoms with Crippen LogP contribution < -0.4 is 0 Å². The number of benzene rings is 8. The fraction of sp³-hybridized carbons (Fsp3) is 0. The lowest BCUT2D eigenvalue weighted by Crippen LogP contribution is -2.00. The van der Waals surface area contributed by atoms with Gasteiger partial charge in [0.25, 0.3) is 0 Å². The van der Waals surface area contributed by atoms with Crippen molar-refractivity contribution < 1.29 is 41.1 Å². The minimum absolute atomic E-state index is 0.121. The zero-order valence-corrected chi connectivity index (χ0v) is 29.7. The van der Waals surface area contributed by atoms with Crippen LogP contribution in [0.2, 0.25) is 0 Å². The molecule has 12 rings (SSSR count). The molecule has 12 aromatic rings. The van der Waals surface area contributed by atoms with E-state index in [0.29, 0.717) is 22.7 Å². The second-order valence-electron chi connectivity index (χ2n) is 12.1. The van der Waals surface area contributed by atoms with E-state index in [1.807, 2.05) is 0 Å². The predicted molar refractivity (Wildman–Crippen MR) is 242 cm³/mol. The smallest absolute Gasteiger partial charge is 0.164 e. The van der Waals surface area contributed by atoms with E-state index in [1.165, 1.54) is 0 Å². The van der Waals surface area contributed by atoms with Crippen LogP contribution in [-0.2, 0) is 0 Å². The molecule has 0 spiro atoms. The SMILES string of the molecule is [2H]c1c([2H])c([2H])c(-c2nc(-c3c([2H])c([2H])c([2H])c([2H])c3[2H])nc(-c3c([2H])c([2H])c(-c4c([2H])c([2H])c([2H])c([2H])c4[2H])c4sc5c(-n6c7c([2H])c([2H])c([2H])c([2H])c7c7c([2H])c([2H])c8c(sc9c([2H])c([2H])c([2H])c([2H])c98)c76)c([2H])c([2H])c([2H])c5c34)n2)c([2H])c1[2H]. The minimum Gasteiger partial charge on any atom is -0.306 e. The maximum absolute atomic E-state index is 9.96. The molecule has 0 aliphatic rings. The van der Waals surface area contributed by atoms with Gasteiger partial charge in [0.05, 0.1) is 67.2 Å². The predicted octanol–water partition coefficient (Wildman–Crippen LogP) is 14.4. The van der Waals surface area contributed by atoms with Gasteiger partial charge in [-0.3, -0.25) is 0 Å². The van der Waals surface area contributed by atoms with Crippen LogP contribution in [0.1, 0.15) is 41.1 Å². The molecule has 0 bridgehead atoms. The van der Waals surface area contributed by atoms with Crippen LogP contribution in [0.3, 0.4) is 0 Å². The van der Waals surface area contributed by atoms with Crippen molar-refractivity contribution >= 4 is 84.8 Å². The lowest BCUT2D eigenvalue weighted by atomic mass is 9.98. The zero-order valence-electron chi connectivity index (χ0n) is 58.1. The Hall–Kier alpha value is -6.99. The largest absolute Gasteiger partial charge is 0.306 e. The van der Waals surface area contributed by atoms with E-state index >= 15 is 0 Å². The molecule has 4 heterocycles. The van der Waals surface area contributed by atoms with Gasteiger partial charge in [0, 0.05) is 58.4 Å². The summed E-state index contributed by atoms with van der Waals surface area (Å²) in [5, 5.41) is -2.26. The summed E-state index contributed by atoms with van der Waals surface area (Å²) in [6.45, 7) is 0. The molecule has 0 N–H and O–H groups in total. The van der Waals surface area contributed by atoms with Gasteiger partial charge in [-0.2, -0.15) is 0 Å². The van der Waals surface area contributed by atoms with Gasteiger partial charge < -0.3 is 4.57 Å². The van der Waals surface area contributed by atoms with Crippen molar-refractivity contribution in [3.8, 4) is 51.0 Å². The van der Waals surface area contributed by atoms with E-state index in [0.717, 1.165) is 4.57 Å². The van der Waals surface area contributed by atoms with Crippen molar-refractivity contribution in [2.75, 3.05) is 0 Å². The number of rotatable bonds is 5. The first-order chi connectivity index (χ1) is 40.7. The quantitative estimate of drug-likeness (QED) is 0.174. The van der Waals surface area contributed by atoms with Crippen molar-refractivity contribution in [1.82, 2.24) is 19.5 Å². The van der Waals surface area contributed by atoms with Gasteiger partial charge in [-0.15, -0.1) is 22.7 Å². The Morgan fingerprint density at radius 2 is 0.965 bits per heavy atom. The maximum atomic E-state index is 9.96. The Morgan fingerprint density at radius 1 is 0.386 bits per heavy atom. The molecule has 0 saturated carbocycles. The molecule has 57 heavy (non-hydrogen) atoms. The van der Waals surface area contributed by atoms with Crippen molar-refractivity contribution in [3.05, 3.63) is 181 Å². The highest BCUT2D eigenvalue weighted by molar-refractivity contribution is 7.27. The molecule has 8 aromatic carbocycles. The minimum atomic E-state index is -1.02. The Labute approximate surface area is 377 Å². The van der Waals surface area contributed by atoms with Gasteiger partial charge in [0.2, 0.25) is 0 Å². The maximum Gasteiger partial charge on any atom is 0.164 e. The van der Waals surface area contributed by atoms with E-state index in [2.05, 4.69) is 15.0 Å². The molecular weight excluding hydrogens is 733 g/mol. The first-order valence-electron chi connectivity index (χ1n) is 31.6. The topological polar surface area (TPSA) is 43.6 Å². The number of thiophene rings is 2. The third kappa shape index (κ3) is 5.01. The summed E-state index contributed by atoms with van der Waals surface area (Å²) < 4.78 is 270. The van der Waals surface area contributed by atoms with Crippen molar-refractivity contribution in [1.29, 1.82) is 0 Å². The number of aromatic nitrogens is 4. The summed E-state index contributed by atoms with van der Waals surface area (Å²) in [5.41, 5.74) is -4.89. The van der Waals surface area contributed by atoms with Crippen LogP contribution in [0, 0.1) is 0 Å². The summed E-state index contributed by atoms with van der Waals surface area (Å²) in [6, 6.07) is -25.6. The van der Waals surface area contributed by atoms with Gasteiger partial charge in [-0.1, -0.05) is 157 Å². The first-order valence-corrected chi connectivity index (χ1v) is 18.2. The lowest BCUT2D eigenvalue weighted by molar-refractivity contribution is 1.08. The van der Waals surface area contributed by atoms with Crippen LogP contribution in [0.15, 0.2) is 181 Å². The molecule has 6 heteroatoms. The third-order valence-corrected chi connectivity index (χ3v) is 11.4. The van der Waals surface area contributed by atoms with Crippen LogP contribution in [0.4, 0.5) is 0 Å². The molecule has 0 aliphatic heterocycles. The Kier molecular flexibility index (Phi) is 3.25. The number of para-hydroxylation sites is 1. The fourth-order valence-corrected chi connectivity index (χ4v) is 9.05. The van der Waals surface area contributed by atoms with Crippen LogP contribution >= 0.6 is 22.7 Å². The molecule has 0 fully saturated rings. The van der Waals surface area contributed by atoms with Gasteiger partial charge in [0.15, 0.2) is 17.5 Å². The lowest BCUT2D eigenvalue weighted by Gasteiger charge is -2.12. The van der Waals surface area contributed by atoms with E-state index in [9.17, 15) is 15.1 Å². The molecule has 0 saturated heterocycles. The monoisotopic (exact) mass is 792 g/mol. The summed E-state index contributed by atoms with van der Waals surface area (Å²) in [4.78, 5) is 13.3. The Morgan fingerprint density at radius 3 is 1.70 bits per heavy atom. The third-order valence-electron chi connectivity index (χ3n) is 9.02. The number of hydrogen-bond donors (Lipinski definition) is 0. The van der Waals surface area contributed by atoms with Gasteiger partial charge in [-0.25, -0.2) is 15.0 Å². The van der Waals surface area contributed by atoms with Gasteiger partial charge in [0.1, 0.15) is 0 Å². The van der Waals surface area contributed by atoms with Crippen molar-refractivity contribution in [2.24, 2.45) is 0 Å². The summed E-state index contributed by atoms with van der Waals surface area (Å²) in [6.07, 6.45) is 0. The second-order valence-corrected chi connectivity index (χ2v) is 14.1. The van der Waals surface area contributed by atoms with E-state index in [-0.39, 0.29) is 35.8 Å². The van der Waals surface area contributed by atoms with E-state index in [4.69, 9.17) is 26.0 Å². The first kappa shape index (κ1) is 14.5. The molecule has 4 aromatic heterocycles. The van der Waals surface area contributed by atoms with Gasteiger partial charge >= 0.3 is 0 Å². The fourth-order valence-electron chi connectivity index (χ4n) is 6.69. The molecule has 0 atom stereocenters. The summed E-state index contributed by atoms with van der Waals surface area (Å²) >= 11 is 1.18. The van der Waals surface area contributed by atoms with Crippen LogP contribution in [0.25, 0.3) is 113 Å². The standard InChI is InChI=1S/C51H30N4S2/c1-4-15-31(16-5-1)34-27-30-40(51-53-49(32-17-6-2-7-18-32)52-50(54-51)33-19-8-3-9-20-33)44-39-23-14-25-42(46(39)57-47(34)44)55-41-24-12-10-21-35(41)37-28-29-38-36-22-11-13-26-43(36)56-48(38)45(37)55/h1-30H/i1D,2D,3D,4D,5D,6D,7D,8D,9D,10D,11D,12D,13D,14D,15D,16D,17D,18D,19D,20D,21D,22D,23D,24D,25D,26D,27D,28D,29D,30D. The number of fused-ring (bicyclic) bond motifs is 10. The van der Waals surface area contributed by atoms with Gasteiger partial charge in [-0.05, 0) is 35.3 Å². The van der Waals surface area contributed by atoms with Crippen LogP contribution in [0.5, 0.6) is 0 Å². The number of hydrogen-bond acceptors (Lipinski definition) is 5. The molecule has 0 amide bonds. The van der Waals surface area contributed by atoms with Crippen molar-refractivity contribution in [3.63, 3.8) is 0 Å². The second kappa shape index (κ2) is 12.8.